The Hall–Kier alpha value is -2.40. The highest BCUT2D eigenvalue weighted by Gasteiger charge is 2.13. The Kier molecular flexibility index (Phi) is 3.58. The van der Waals surface area contributed by atoms with Gasteiger partial charge in [-0.25, -0.2) is 0 Å². The summed E-state index contributed by atoms with van der Waals surface area (Å²) in [6.07, 6.45) is 3.97. The van der Waals surface area contributed by atoms with Gasteiger partial charge in [0, 0.05) is 16.9 Å². The lowest BCUT2D eigenvalue weighted by Crippen LogP contribution is -2.11. The molecular weight excluding hydrogens is 288 g/mol. The Morgan fingerprint density at radius 1 is 1.33 bits per heavy atom. The fourth-order valence-electron chi connectivity index (χ4n) is 2.12. The van der Waals surface area contributed by atoms with Crippen LogP contribution in [0.5, 0.6) is 0 Å². The van der Waals surface area contributed by atoms with Crippen molar-refractivity contribution in [3.8, 4) is 0 Å². The van der Waals surface area contributed by atoms with Crippen LogP contribution in [0.1, 0.15) is 22.8 Å². The molecule has 0 atom stereocenters. The lowest BCUT2D eigenvalue weighted by molar-refractivity contribution is 0.102. The standard InChI is InChI=1S/C15H13ClN4O/c1-2-10-5-6-11(8-13(10)16)19-15(21)12-9-18-20-14(12)4-3-7-17-20/h3-9H,2H2,1H3,(H,19,21). The SMILES string of the molecule is CCc1ccc(NC(=O)c2cnn3ncccc23)cc1Cl. The molecule has 0 radical (unpaired) electrons. The molecule has 0 aliphatic carbocycles. The van der Waals surface area contributed by atoms with Crippen LogP contribution in [-0.4, -0.2) is 20.7 Å². The topological polar surface area (TPSA) is 59.3 Å². The lowest BCUT2D eigenvalue weighted by atomic mass is 10.1. The minimum Gasteiger partial charge on any atom is -0.322 e. The summed E-state index contributed by atoms with van der Waals surface area (Å²) in [5.74, 6) is -0.238. The normalized spacial score (nSPS) is 10.8. The van der Waals surface area contributed by atoms with Gasteiger partial charge in [-0.3, -0.25) is 4.79 Å². The van der Waals surface area contributed by atoms with E-state index in [9.17, 15) is 4.79 Å². The highest BCUT2D eigenvalue weighted by atomic mass is 35.5. The van der Waals surface area contributed by atoms with Crippen LogP contribution < -0.4 is 5.32 Å². The molecule has 2 heterocycles. The summed E-state index contributed by atoms with van der Waals surface area (Å²) >= 11 is 6.16. The molecule has 0 unspecified atom stereocenters. The Balaban J connectivity index is 1.88. The van der Waals surface area contributed by atoms with E-state index in [0.29, 0.717) is 21.8 Å². The maximum absolute atomic E-state index is 12.3. The maximum atomic E-state index is 12.3. The van der Waals surface area contributed by atoms with E-state index in [2.05, 4.69) is 15.5 Å². The average molecular weight is 301 g/mol. The second-order valence-corrected chi connectivity index (χ2v) is 4.98. The molecular formula is C15H13ClN4O. The first kappa shape index (κ1) is 13.6. The van der Waals surface area contributed by atoms with Crippen molar-refractivity contribution in [3.63, 3.8) is 0 Å². The van der Waals surface area contributed by atoms with E-state index in [-0.39, 0.29) is 5.91 Å². The number of nitrogens with one attached hydrogen (secondary N) is 1. The van der Waals surface area contributed by atoms with Gasteiger partial charge in [0.05, 0.1) is 11.8 Å². The van der Waals surface area contributed by atoms with Gasteiger partial charge in [-0.1, -0.05) is 24.6 Å². The molecule has 1 N–H and O–H groups in total. The number of halogens is 1. The number of rotatable bonds is 3. The first-order valence-corrected chi connectivity index (χ1v) is 6.95. The second kappa shape index (κ2) is 5.54. The van der Waals surface area contributed by atoms with Gasteiger partial charge >= 0.3 is 0 Å². The molecule has 1 amide bonds. The third-order valence-corrected chi connectivity index (χ3v) is 3.59. The van der Waals surface area contributed by atoms with E-state index in [1.165, 1.54) is 10.8 Å². The summed E-state index contributed by atoms with van der Waals surface area (Å²) in [7, 11) is 0. The number of hydrogen-bond acceptors (Lipinski definition) is 3. The van der Waals surface area contributed by atoms with Crippen LogP contribution >= 0.6 is 11.6 Å². The molecule has 0 bridgehead atoms. The lowest BCUT2D eigenvalue weighted by Gasteiger charge is -2.07. The highest BCUT2D eigenvalue weighted by Crippen LogP contribution is 2.22. The molecule has 2 aromatic heterocycles. The van der Waals surface area contributed by atoms with Gasteiger partial charge in [0.1, 0.15) is 5.52 Å². The molecule has 106 valence electrons. The van der Waals surface area contributed by atoms with E-state index in [1.54, 1.807) is 24.4 Å². The van der Waals surface area contributed by atoms with Crippen LogP contribution in [0.3, 0.4) is 0 Å². The fraction of sp³-hybridized carbons (Fsp3) is 0.133. The van der Waals surface area contributed by atoms with Crippen molar-refractivity contribution in [2.75, 3.05) is 5.32 Å². The zero-order chi connectivity index (χ0) is 14.8. The number of hydrogen-bond donors (Lipinski definition) is 1. The van der Waals surface area contributed by atoms with Crippen LogP contribution in [0.4, 0.5) is 5.69 Å². The first-order valence-electron chi connectivity index (χ1n) is 6.58. The molecule has 6 heteroatoms. The van der Waals surface area contributed by atoms with Gasteiger partial charge in [0.15, 0.2) is 0 Å². The van der Waals surface area contributed by atoms with Crippen LogP contribution in [0.15, 0.2) is 42.7 Å². The Morgan fingerprint density at radius 2 is 2.19 bits per heavy atom. The summed E-state index contributed by atoms with van der Waals surface area (Å²) in [4.78, 5) is 12.3. The minimum atomic E-state index is -0.238. The number of aromatic nitrogens is 3. The number of anilines is 1. The van der Waals surface area contributed by atoms with E-state index in [0.717, 1.165) is 12.0 Å². The van der Waals surface area contributed by atoms with Crippen molar-refractivity contribution < 1.29 is 4.79 Å². The molecule has 1 aromatic carbocycles. The largest absolute Gasteiger partial charge is 0.322 e. The zero-order valence-electron chi connectivity index (χ0n) is 11.4. The maximum Gasteiger partial charge on any atom is 0.259 e. The van der Waals surface area contributed by atoms with Crippen LogP contribution in [0.2, 0.25) is 5.02 Å². The van der Waals surface area contributed by atoms with E-state index in [1.807, 2.05) is 19.1 Å². The van der Waals surface area contributed by atoms with Crippen molar-refractivity contribution in [1.29, 1.82) is 0 Å². The first-order chi connectivity index (χ1) is 10.2. The Bertz CT molecular complexity index is 812. The molecule has 0 aliphatic rings. The molecule has 0 fully saturated rings. The smallest absolute Gasteiger partial charge is 0.259 e. The van der Waals surface area contributed by atoms with Crippen molar-refractivity contribution in [2.24, 2.45) is 0 Å². The molecule has 0 saturated carbocycles. The number of nitrogens with zero attached hydrogens (tertiary/aromatic N) is 3. The number of fused-ring (bicyclic) bond motifs is 1. The fourth-order valence-corrected chi connectivity index (χ4v) is 2.43. The van der Waals surface area contributed by atoms with Crippen LogP contribution in [0.25, 0.3) is 5.52 Å². The van der Waals surface area contributed by atoms with Crippen molar-refractivity contribution >= 4 is 28.7 Å². The summed E-state index contributed by atoms with van der Waals surface area (Å²) < 4.78 is 1.42. The monoisotopic (exact) mass is 300 g/mol. The molecule has 3 rings (SSSR count). The number of carbonyl (C=O) groups excluding carboxylic acids is 1. The molecule has 3 aromatic rings. The minimum absolute atomic E-state index is 0.238. The average Bonchev–Trinajstić information content (AvgIpc) is 2.91. The van der Waals surface area contributed by atoms with Crippen molar-refractivity contribution in [1.82, 2.24) is 14.8 Å². The predicted octanol–water partition coefficient (Wildman–Crippen LogP) is 3.20. The Morgan fingerprint density at radius 3 is 2.95 bits per heavy atom. The van der Waals surface area contributed by atoms with E-state index >= 15 is 0 Å². The van der Waals surface area contributed by atoms with Crippen molar-refractivity contribution in [2.45, 2.75) is 13.3 Å². The number of amides is 1. The quantitative estimate of drug-likeness (QED) is 0.808. The third-order valence-electron chi connectivity index (χ3n) is 3.24. The van der Waals surface area contributed by atoms with Gasteiger partial charge in [-0.15, -0.1) is 0 Å². The van der Waals surface area contributed by atoms with E-state index < -0.39 is 0 Å². The van der Waals surface area contributed by atoms with Crippen LogP contribution in [0, 0.1) is 0 Å². The zero-order valence-corrected chi connectivity index (χ0v) is 12.1. The summed E-state index contributed by atoms with van der Waals surface area (Å²) in [5.41, 5.74) is 2.84. The number of carbonyl (C=O) groups is 1. The van der Waals surface area contributed by atoms with Crippen LogP contribution in [-0.2, 0) is 6.42 Å². The molecule has 0 spiro atoms. The van der Waals surface area contributed by atoms with Gasteiger partial charge < -0.3 is 5.32 Å². The third kappa shape index (κ3) is 2.60. The van der Waals surface area contributed by atoms with Gasteiger partial charge in [0.25, 0.3) is 5.91 Å². The Labute approximate surface area is 126 Å². The summed E-state index contributed by atoms with van der Waals surface area (Å²) in [6.45, 7) is 2.03. The van der Waals surface area contributed by atoms with Gasteiger partial charge in [-0.2, -0.15) is 14.8 Å². The molecule has 0 aliphatic heterocycles. The van der Waals surface area contributed by atoms with E-state index in [4.69, 9.17) is 11.6 Å². The van der Waals surface area contributed by atoms with Gasteiger partial charge in [0.2, 0.25) is 0 Å². The van der Waals surface area contributed by atoms with Gasteiger partial charge in [-0.05, 0) is 36.2 Å². The molecule has 0 saturated heterocycles. The predicted molar refractivity (Wildman–Crippen MR) is 81.8 cm³/mol. The molecule has 21 heavy (non-hydrogen) atoms. The number of aryl methyl sites for hydroxylation is 1. The second-order valence-electron chi connectivity index (χ2n) is 4.57. The summed E-state index contributed by atoms with van der Waals surface area (Å²) in [5, 5.41) is 11.6. The molecule has 5 nitrogen and oxygen atoms in total. The summed E-state index contributed by atoms with van der Waals surface area (Å²) in [6, 6.07) is 9.06. The van der Waals surface area contributed by atoms with Crippen molar-refractivity contribution in [3.05, 3.63) is 58.9 Å². The highest BCUT2D eigenvalue weighted by molar-refractivity contribution is 6.31. The number of benzene rings is 1.